The van der Waals surface area contributed by atoms with Crippen molar-refractivity contribution in [2.75, 3.05) is 6.26 Å². The summed E-state index contributed by atoms with van der Waals surface area (Å²) in [5.74, 6) is -0.847. The van der Waals surface area contributed by atoms with E-state index in [2.05, 4.69) is 4.99 Å². The number of aliphatic imine (C=N–C) groups is 1. The normalized spacial score (nSPS) is 12.5. The maximum absolute atomic E-state index is 12.0. The fourth-order valence-electron chi connectivity index (χ4n) is 2.13. The molecule has 128 valence electrons. The van der Waals surface area contributed by atoms with Crippen molar-refractivity contribution in [3.8, 4) is 5.75 Å². The molecule has 0 radical (unpaired) electrons. The molecule has 23 heavy (non-hydrogen) atoms. The van der Waals surface area contributed by atoms with E-state index in [-0.39, 0.29) is 28.3 Å². The molecule has 1 aromatic rings. The molecule has 0 aliphatic carbocycles. The predicted octanol–water partition coefficient (Wildman–Crippen LogP) is 1.38. The van der Waals surface area contributed by atoms with Crippen LogP contribution in [-0.4, -0.2) is 32.6 Å². The van der Waals surface area contributed by atoms with Crippen LogP contribution in [0.5, 0.6) is 5.75 Å². The van der Waals surface area contributed by atoms with E-state index >= 15 is 0 Å². The summed E-state index contributed by atoms with van der Waals surface area (Å²) >= 11 is 0. The van der Waals surface area contributed by atoms with Gasteiger partial charge in [0.1, 0.15) is 10.6 Å². The van der Waals surface area contributed by atoms with Crippen molar-refractivity contribution in [3.63, 3.8) is 0 Å². The Bertz CT molecular complexity index is 722. The second-order valence-corrected chi connectivity index (χ2v) is 7.43. The summed E-state index contributed by atoms with van der Waals surface area (Å²) in [6, 6.07) is 2.78. The second-order valence-electron chi connectivity index (χ2n) is 5.44. The maximum Gasteiger partial charge on any atom is 0.280 e. The summed E-state index contributed by atoms with van der Waals surface area (Å²) in [4.78, 5) is 15.4. The summed E-state index contributed by atoms with van der Waals surface area (Å²) in [6.07, 6.45) is 2.62. The van der Waals surface area contributed by atoms with Gasteiger partial charge in [-0.15, -0.1) is 0 Å². The molecule has 8 heteroatoms. The fourth-order valence-corrected chi connectivity index (χ4v) is 2.94. The summed E-state index contributed by atoms with van der Waals surface area (Å²) in [7, 11) is -3.58. The van der Waals surface area contributed by atoms with E-state index in [9.17, 15) is 13.2 Å². The van der Waals surface area contributed by atoms with Crippen LogP contribution in [0.4, 0.5) is 0 Å². The lowest BCUT2D eigenvalue weighted by Crippen LogP contribution is -2.24. The Kier molecular flexibility index (Phi) is 6.14. The molecule has 0 heterocycles. The summed E-state index contributed by atoms with van der Waals surface area (Å²) < 4.78 is 29.8. The van der Waals surface area contributed by atoms with E-state index in [0.29, 0.717) is 5.56 Å². The van der Waals surface area contributed by atoms with Gasteiger partial charge in [-0.25, -0.2) is 8.42 Å². The number of benzene rings is 1. The van der Waals surface area contributed by atoms with Gasteiger partial charge >= 0.3 is 0 Å². The van der Waals surface area contributed by atoms with Crippen LogP contribution in [0.2, 0.25) is 0 Å². The number of ether oxygens (including phenoxy) is 1. The van der Waals surface area contributed by atoms with Gasteiger partial charge in [-0.3, -0.25) is 4.79 Å². The minimum atomic E-state index is -3.58. The van der Waals surface area contributed by atoms with Gasteiger partial charge in [0, 0.05) is 11.8 Å². The number of aryl methyl sites for hydroxylation is 1. The number of amides is 1. The number of hydrogen-bond donors (Lipinski definition) is 2. The van der Waals surface area contributed by atoms with Gasteiger partial charge in [0.05, 0.1) is 6.10 Å². The Labute approximate surface area is 136 Å². The number of carbonyl (C=O) groups is 1. The van der Waals surface area contributed by atoms with E-state index < -0.39 is 15.7 Å². The summed E-state index contributed by atoms with van der Waals surface area (Å²) in [6.45, 7) is 5.54. The highest BCUT2D eigenvalue weighted by Gasteiger charge is 2.21. The second kappa shape index (κ2) is 7.45. The quantitative estimate of drug-likeness (QED) is 0.595. The van der Waals surface area contributed by atoms with Gasteiger partial charge in [-0.1, -0.05) is 13.3 Å². The Morgan fingerprint density at radius 1 is 1.35 bits per heavy atom. The number of carbonyl (C=O) groups excluding carboxylic acids is 1. The molecular formula is C15H23N3O4S. The molecular weight excluding hydrogens is 318 g/mol. The molecule has 0 saturated carbocycles. The summed E-state index contributed by atoms with van der Waals surface area (Å²) in [5, 5.41) is 0. The molecule has 0 aromatic heterocycles. The van der Waals surface area contributed by atoms with Crippen LogP contribution >= 0.6 is 0 Å². The number of hydrogen-bond acceptors (Lipinski definition) is 4. The average molecular weight is 341 g/mol. The zero-order valence-electron chi connectivity index (χ0n) is 13.8. The minimum Gasteiger partial charge on any atom is -0.489 e. The molecule has 0 fully saturated rings. The molecule has 1 atom stereocenters. The standard InChI is InChI=1S/C15H23N3O4S/c1-5-6-10(3)22-12-7-9(2)11(14(19)18-15(16)17)8-13(12)23(4,20)21/h7-8,10H,5-6H2,1-4H3,(H4,16,17,18,19). The first-order valence-corrected chi connectivity index (χ1v) is 9.10. The van der Waals surface area contributed by atoms with Gasteiger partial charge in [0.25, 0.3) is 5.91 Å². The third-order valence-corrected chi connectivity index (χ3v) is 4.29. The highest BCUT2D eigenvalue weighted by molar-refractivity contribution is 7.90. The molecule has 1 aromatic carbocycles. The molecule has 4 N–H and O–H groups in total. The van der Waals surface area contributed by atoms with Crippen LogP contribution in [0.1, 0.15) is 42.6 Å². The van der Waals surface area contributed by atoms with Crippen molar-refractivity contribution in [1.82, 2.24) is 0 Å². The van der Waals surface area contributed by atoms with Crippen molar-refractivity contribution in [2.24, 2.45) is 16.5 Å². The van der Waals surface area contributed by atoms with Gasteiger partial charge in [0.2, 0.25) is 0 Å². The molecule has 0 aliphatic heterocycles. The van der Waals surface area contributed by atoms with Crippen LogP contribution in [0.3, 0.4) is 0 Å². The number of sulfone groups is 1. The van der Waals surface area contributed by atoms with E-state index in [1.54, 1.807) is 6.92 Å². The third kappa shape index (κ3) is 5.24. The molecule has 1 amide bonds. The molecule has 1 unspecified atom stereocenters. The minimum absolute atomic E-state index is 0.0554. The van der Waals surface area contributed by atoms with Gasteiger partial charge in [0.15, 0.2) is 15.8 Å². The molecule has 1 rings (SSSR count). The van der Waals surface area contributed by atoms with Gasteiger partial charge in [-0.2, -0.15) is 4.99 Å². The van der Waals surface area contributed by atoms with Crippen LogP contribution in [0, 0.1) is 6.92 Å². The Morgan fingerprint density at radius 3 is 2.43 bits per heavy atom. The monoisotopic (exact) mass is 341 g/mol. The number of guanidine groups is 1. The first kappa shape index (κ1) is 19.0. The van der Waals surface area contributed by atoms with Crippen LogP contribution < -0.4 is 16.2 Å². The molecule has 7 nitrogen and oxygen atoms in total. The lowest BCUT2D eigenvalue weighted by molar-refractivity contribution is 0.100. The molecule has 0 spiro atoms. The molecule has 0 saturated heterocycles. The SMILES string of the molecule is CCCC(C)Oc1cc(C)c(C(=O)N=C(N)N)cc1S(C)(=O)=O. The number of nitrogens with two attached hydrogens (primary N) is 2. The number of nitrogens with zero attached hydrogens (tertiary/aromatic N) is 1. The summed E-state index contributed by atoms with van der Waals surface area (Å²) in [5.41, 5.74) is 11.0. The topological polar surface area (TPSA) is 125 Å². The van der Waals surface area contributed by atoms with E-state index in [1.807, 2.05) is 13.8 Å². The Balaban J connectivity index is 3.42. The van der Waals surface area contributed by atoms with Crippen LogP contribution in [0.25, 0.3) is 0 Å². The van der Waals surface area contributed by atoms with Crippen molar-refractivity contribution in [1.29, 1.82) is 0 Å². The third-order valence-electron chi connectivity index (χ3n) is 3.17. The van der Waals surface area contributed by atoms with Crippen molar-refractivity contribution in [3.05, 3.63) is 23.3 Å². The van der Waals surface area contributed by atoms with Crippen molar-refractivity contribution in [2.45, 2.75) is 44.6 Å². The predicted molar refractivity (Wildman–Crippen MR) is 89.4 cm³/mol. The van der Waals surface area contributed by atoms with Crippen LogP contribution in [-0.2, 0) is 9.84 Å². The Hall–Kier alpha value is -2.09. The first-order chi connectivity index (χ1) is 10.6. The van der Waals surface area contributed by atoms with E-state index in [4.69, 9.17) is 16.2 Å². The largest absolute Gasteiger partial charge is 0.489 e. The van der Waals surface area contributed by atoms with E-state index in [1.165, 1.54) is 12.1 Å². The Morgan fingerprint density at radius 2 is 1.96 bits per heavy atom. The smallest absolute Gasteiger partial charge is 0.280 e. The van der Waals surface area contributed by atoms with E-state index in [0.717, 1.165) is 19.1 Å². The van der Waals surface area contributed by atoms with Gasteiger partial charge in [-0.05, 0) is 38.0 Å². The number of rotatable bonds is 6. The molecule has 0 bridgehead atoms. The lowest BCUT2D eigenvalue weighted by atomic mass is 10.1. The lowest BCUT2D eigenvalue weighted by Gasteiger charge is -2.18. The average Bonchev–Trinajstić information content (AvgIpc) is 2.36. The maximum atomic E-state index is 12.0. The van der Waals surface area contributed by atoms with Gasteiger partial charge < -0.3 is 16.2 Å². The molecule has 0 aliphatic rings. The zero-order chi connectivity index (χ0) is 17.8. The van der Waals surface area contributed by atoms with Crippen molar-refractivity contribution < 1.29 is 17.9 Å². The van der Waals surface area contributed by atoms with Crippen LogP contribution in [0.15, 0.2) is 22.0 Å². The van der Waals surface area contributed by atoms with Crippen molar-refractivity contribution >= 4 is 21.7 Å². The zero-order valence-corrected chi connectivity index (χ0v) is 14.6. The highest BCUT2D eigenvalue weighted by atomic mass is 32.2. The fraction of sp³-hybridized carbons (Fsp3) is 0.467. The highest BCUT2D eigenvalue weighted by Crippen LogP contribution is 2.29. The first-order valence-electron chi connectivity index (χ1n) is 7.21.